The van der Waals surface area contributed by atoms with E-state index in [1.165, 1.54) is 0 Å². The van der Waals surface area contributed by atoms with Crippen LogP contribution in [-0.2, 0) is 17.8 Å². The van der Waals surface area contributed by atoms with Crippen molar-refractivity contribution in [3.05, 3.63) is 29.6 Å². The van der Waals surface area contributed by atoms with Crippen molar-refractivity contribution in [2.24, 2.45) is 5.73 Å². The molecule has 0 aromatic carbocycles. The van der Waals surface area contributed by atoms with Gasteiger partial charge in [-0.25, -0.2) is 0 Å². The number of rotatable bonds is 6. The van der Waals surface area contributed by atoms with Crippen molar-refractivity contribution >= 4 is 5.91 Å². The summed E-state index contributed by atoms with van der Waals surface area (Å²) in [5.74, 6) is -0.114. The van der Waals surface area contributed by atoms with E-state index < -0.39 is 5.54 Å². The molecule has 1 amide bonds. The minimum Gasteiger partial charge on any atom is -0.349 e. The predicted molar refractivity (Wildman–Crippen MR) is 73.0 cm³/mol. The van der Waals surface area contributed by atoms with Crippen LogP contribution in [0.15, 0.2) is 18.3 Å². The summed E-state index contributed by atoms with van der Waals surface area (Å²) in [6, 6.07) is 3.94. The maximum atomic E-state index is 12.0. The highest BCUT2D eigenvalue weighted by Crippen LogP contribution is 2.10. The molecule has 1 aromatic heterocycles. The van der Waals surface area contributed by atoms with Crippen LogP contribution in [0.1, 0.15) is 44.9 Å². The number of hydrogen-bond donors (Lipinski definition) is 2. The van der Waals surface area contributed by atoms with Crippen LogP contribution in [0.25, 0.3) is 0 Å². The normalized spacial score (nSPS) is 14.0. The summed E-state index contributed by atoms with van der Waals surface area (Å²) in [5.41, 5.74) is 7.25. The lowest BCUT2D eigenvalue weighted by Crippen LogP contribution is -2.51. The van der Waals surface area contributed by atoms with Crippen molar-refractivity contribution in [3.63, 3.8) is 0 Å². The van der Waals surface area contributed by atoms with Crippen LogP contribution in [0.5, 0.6) is 0 Å². The zero-order valence-electron chi connectivity index (χ0n) is 11.5. The zero-order valence-corrected chi connectivity index (χ0v) is 11.5. The maximum absolute atomic E-state index is 12.0. The molecule has 1 atom stereocenters. The average molecular weight is 249 g/mol. The molecule has 4 nitrogen and oxygen atoms in total. The van der Waals surface area contributed by atoms with Gasteiger partial charge in [0.15, 0.2) is 0 Å². The quantitative estimate of drug-likeness (QED) is 0.807. The molecule has 1 rings (SSSR count). The monoisotopic (exact) mass is 249 g/mol. The van der Waals surface area contributed by atoms with Gasteiger partial charge in [-0.05, 0) is 31.4 Å². The second-order valence-corrected chi connectivity index (χ2v) is 4.81. The van der Waals surface area contributed by atoms with Gasteiger partial charge in [0, 0.05) is 6.20 Å². The second-order valence-electron chi connectivity index (χ2n) is 4.81. The van der Waals surface area contributed by atoms with E-state index in [1.54, 1.807) is 13.1 Å². The number of aromatic nitrogens is 1. The van der Waals surface area contributed by atoms with Gasteiger partial charge in [0.2, 0.25) is 5.91 Å². The Morgan fingerprint density at radius 1 is 1.50 bits per heavy atom. The SMILES string of the molecule is CCCC(C)(N)C(=O)NCc1ncccc1CC. The van der Waals surface area contributed by atoms with Crippen molar-refractivity contribution < 1.29 is 4.79 Å². The summed E-state index contributed by atoms with van der Waals surface area (Å²) >= 11 is 0. The summed E-state index contributed by atoms with van der Waals surface area (Å²) < 4.78 is 0. The van der Waals surface area contributed by atoms with Gasteiger partial charge < -0.3 is 11.1 Å². The number of nitrogens with two attached hydrogens (primary N) is 1. The first-order valence-corrected chi connectivity index (χ1v) is 6.51. The van der Waals surface area contributed by atoms with Gasteiger partial charge >= 0.3 is 0 Å². The Bertz CT molecular complexity index is 402. The predicted octanol–water partition coefficient (Wildman–Crippen LogP) is 1.78. The topological polar surface area (TPSA) is 68.0 Å². The first-order chi connectivity index (χ1) is 8.51. The molecule has 0 fully saturated rings. The number of nitrogens with one attached hydrogen (secondary N) is 1. The van der Waals surface area contributed by atoms with Gasteiger partial charge in [0.25, 0.3) is 0 Å². The molecular weight excluding hydrogens is 226 g/mol. The molecule has 0 spiro atoms. The molecular formula is C14H23N3O. The minimum atomic E-state index is -0.796. The molecule has 3 N–H and O–H groups in total. The van der Waals surface area contributed by atoms with Gasteiger partial charge in [-0.15, -0.1) is 0 Å². The van der Waals surface area contributed by atoms with Crippen LogP contribution in [-0.4, -0.2) is 16.4 Å². The van der Waals surface area contributed by atoms with Gasteiger partial charge in [-0.1, -0.05) is 26.3 Å². The molecule has 18 heavy (non-hydrogen) atoms. The molecule has 100 valence electrons. The van der Waals surface area contributed by atoms with Crippen LogP contribution in [0, 0.1) is 0 Å². The summed E-state index contributed by atoms with van der Waals surface area (Å²) in [5, 5.41) is 2.87. The molecule has 0 aliphatic heterocycles. The molecule has 0 bridgehead atoms. The fourth-order valence-corrected chi connectivity index (χ4v) is 1.95. The Hall–Kier alpha value is -1.42. The maximum Gasteiger partial charge on any atom is 0.240 e. The van der Waals surface area contributed by atoms with Crippen molar-refractivity contribution in [2.45, 2.75) is 52.1 Å². The standard InChI is InChI=1S/C14H23N3O/c1-4-8-14(3,15)13(18)17-10-12-11(5-2)7-6-9-16-12/h6-7,9H,4-5,8,10,15H2,1-3H3,(H,17,18). The van der Waals surface area contributed by atoms with Crippen LogP contribution >= 0.6 is 0 Å². The Balaban J connectivity index is 2.62. The first-order valence-electron chi connectivity index (χ1n) is 6.51. The van der Waals surface area contributed by atoms with Crippen molar-refractivity contribution in [2.75, 3.05) is 0 Å². The second kappa shape index (κ2) is 6.50. The molecule has 0 radical (unpaired) electrons. The Kier molecular flexibility index (Phi) is 5.28. The number of aryl methyl sites for hydroxylation is 1. The Labute approximate surface area is 109 Å². The highest BCUT2D eigenvalue weighted by atomic mass is 16.2. The van der Waals surface area contributed by atoms with Crippen LogP contribution < -0.4 is 11.1 Å². The molecule has 0 aliphatic rings. The Morgan fingerprint density at radius 2 is 2.22 bits per heavy atom. The van der Waals surface area contributed by atoms with Gasteiger partial charge in [-0.3, -0.25) is 9.78 Å². The highest BCUT2D eigenvalue weighted by molar-refractivity contribution is 5.85. The smallest absolute Gasteiger partial charge is 0.240 e. The van der Waals surface area contributed by atoms with Crippen LogP contribution in [0.2, 0.25) is 0 Å². The molecule has 1 aromatic rings. The fraction of sp³-hybridized carbons (Fsp3) is 0.571. The third-order valence-corrected chi connectivity index (χ3v) is 3.07. The Morgan fingerprint density at radius 3 is 2.83 bits per heavy atom. The van der Waals surface area contributed by atoms with E-state index in [2.05, 4.69) is 17.2 Å². The van der Waals surface area contributed by atoms with E-state index in [0.717, 1.165) is 24.1 Å². The average Bonchev–Trinajstić information content (AvgIpc) is 2.36. The molecule has 0 saturated heterocycles. The third kappa shape index (κ3) is 3.81. The lowest BCUT2D eigenvalue weighted by atomic mass is 9.96. The number of hydrogen-bond acceptors (Lipinski definition) is 3. The minimum absolute atomic E-state index is 0.114. The van der Waals surface area contributed by atoms with E-state index >= 15 is 0 Å². The number of amides is 1. The van der Waals surface area contributed by atoms with E-state index in [1.807, 2.05) is 19.1 Å². The van der Waals surface area contributed by atoms with Crippen LogP contribution in [0.3, 0.4) is 0 Å². The molecule has 1 heterocycles. The molecule has 0 aliphatic carbocycles. The van der Waals surface area contributed by atoms with E-state index in [-0.39, 0.29) is 5.91 Å². The number of carbonyl (C=O) groups excluding carboxylic acids is 1. The number of pyridine rings is 1. The lowest BCUT2D eigenvalue weighted by molar-refractivity contribution is -0.126. The summed E-state index contributed by atoms with van der Waals surface area (Å²) in [6.07, 6.45) is 4.23. The highest BCUT2D eigenvalue weighted by Gasteiger charge is 2.26. The fourth-order valence-electron chi connectivity index (χ4n) is 1.95. The zero-order chi connectivity index (χ0) is 13.6. The summed E-state index contributed by atoms with van der Waals surface area (Å²) in [7, 11) is 0. The van der Waals surface area contributed by atoms with E-state index in [4.69, 9.17) is 5.73 Å². The van der Waals surface area contributed by atoms with Gasteiger partial charge in [0.05, 0.1) is 17.8 Å². The van der Waals surface area contributed by atoms with Crippen molar-refractivity contribution in [1.29, 1.82) is 0 Å². The van der Waals surface area contributed by atoms with Gasteiger partial charge in [0.1, 0.15) is 0 Å². The molecule has 1 unspecified atom stereocenters. The van der Waals surface area contributed by atoms with E-state index in [9.17, 15) is 4.79 Å². The lowest BCUT2D eigenvalue weighted by Gasteiger charge is -2.23. The number of carbonyl (C=O) groups is 1. The molecule has 4 heteroatoms. The van der Waals surface area contributed by atoms with Crippen LogP contribution in [0.4, 0.5) is 0 Å². The third-order valence-electron chi connectivity index (χ3n) is 3.07. The number of nitrogens with zero attached hydrogens (tertiary/aromatic N) is 1. The van der Waals surface area contributed by atoms with Crippen molar-refractivity contribution in [1.82, 2.24) is 10.3 Å². The van der Waals surface area contributed by atoms with Crippen molar-refractivity contribution in [3.8, 4) is 0 Å². The van der Waals surface area contributed by atoms with Gasteiger partial charge in [-0.2, -0.15) is 0 Å². The first kappa shape index (κ1) is 14.6. The largest absolute Gasteiger partial charge is 0.349 e. The summed E-state index contributed by atoms with van der Waals surface area (Å²) in [6.45, 7) is 6.31. The molecule has 0 saturated carbocycles. The van der Waals surface area contributed by atoms with E-state index in [0.29, 0.717) is 13.0 Å². The summed E-state index contributed by atoms with van der Waals surface area (Å²) in [4.78, 5) is 16.3.